The number of esters is 1. The molecule has 2 amide bonds. The molecule has 2 aromatic rings. The van der Waals surface area contributed by atoms with Gasteiger partial charge in [-0.15, -0.1) is 0 Å². The van der Waals surface area contributed by atoms with E-state index in [1.54, 1.807) is 17.9 Å². The predicted molar refractivity (Wildman–Crippen MR) is 206 cm³/mol. The molecule has 8 rings (SSSR count). The van der Waals surface area contributed by atoms with Gasteiger partial charge in [0.05, 0.1) is 47.0 Å². The van der Waals surface area contributed by atoms with Crippen LogP contribution in [0.25, 0.3) is 10.9 Å². The van der Waals surface area contributed by atoms with E-state index in [0.717, 1.165) is 43.4 Å². The van der Waals surface area contributed by atoms with Gasteiger partial charge in [0.25, 0.3) is 0 Å². The molecule has 6 aliphatic rings. The normalized spacial score (nSPS) is 30.7. The second-order valence-electron chi connectivity index (χ2n) is 18.3. The minimum atomic E-state index is -3.95. The highest BCUT2D eigenvalue weighted by Gasteiger charge is 2.63. The Kier molecular flexibility index (Phi) is 10.1. The van der Waals surface area contributed by atoms with Crippen molar-refractivity contribution in [1.82, 2.24) is 14.6 Å². The number of ether oxygens (including phenoxy) is 2. The van der Waals surface area contributed by atoms with Crippen LogP contribution in [0.3, 0.4) is 0 Å². The van der Waals surface area contributed by atoms with Gasteiger partial charge in [-0.05, 0) is 101 Å². The van der Waals surface area contributed by atoms with Gasteiger partial charge in [-0.3, -0.25) is 23.9 Å². The SMILES string of the molecule is CC(C)COC(=O)C[C@H]1CCCCC/C=C\[C@@H]2C[C@@]2(C(=O)NS(=O)(=O)C2(C)CC2)CC(=O)[C@@H]2C[C@]3(CCc4c(c(C5CC5)nc5ccc(F)cc45)O3)CN2C1=O. The molecule has 0 radical (unpaired) electrons. The molecule has 0 bridgehead atoms. The number of aromatic nitrogens is 1. The summed E-state index contributed by atoms with van der Waals surface area (Å²) in [6.07, 6.45) is 11.5. The maximum Gasteiger partial charge on any atom is 0.306 e. The van der Waals surface area contributed by atoms with Crippen molar-refractivity contribution in [2.24, 2.45) is 23.2 Å². The van der Waals surface area contributed by atoms with Crippen molar-refractivity contribution in [2.45, 2.75) is 139 Å². The number of allylic oxidation sites excluding steroid dienone is 2. The average Bonchev–Trinajstić information content (AvgIpc) is 4.09. The zero-order valence-corrected chi connectivity index (χ0v) is 33.6. The Labute approximate surface area is 328 Å². The van der Waals surface area contributed by atoms with E-state index >= 15 is 0 Å². The first-order valence-electron chi connectivity index (χ1n) is 20.7. The highest BCUT2D eigenvalue weighted by Crippen LogP contribution is 2.58. The number of amides is 2. The molecule has 3 aliphatic carbocycles. The summed E-state index contributed by atoms with van der Waals surface area (Å²) in [7, 11) is -3.95. The van der Waals surface area contributed by atoms with E-state index in [9.17, 15) is 32.0 Å². The van der Waals surface area contributed by atoms with Crippen LogP contribution in [0.2, 0.25) is 0 Å². The van der Waals surface area contributed by atoms with Crippen molar-refractivity contribution in [3.63, 3.8) is 0 Å². The molecule has 3 saturated carbocycles. The number of rotatable bonds is 8. The summed E-state index contributed by atoms with van der Waals surface area (Å²) in [4.78, 5) is 63.4. The Morgan fingerprint density at radius 3 is 2.61 bits per heavy atom. The van der Waals surface area contributed by atoms with Gasteiger partial charge in [0.15, 0.2) is 5.78 Å². The lowest BCUT2D eigenvalue weighted by molar-refractivity contribution is -0.151. The smallest absolute Gasteiger partial charge is 0.306 e. The number of halogens is 1. The second kappa shape index (κ2) is 14.5. The molecule has 302 valence electrons. The number of nitrogens with one attached hydrogen (secondary N) is 1. The molecule has 3 aliphatic heterocycles. The van der Waals surface area contributed by atoms with Crippen molar-refractivity contribution in [3.8, 4) is 5.75 Å². The van der Waals surface area contributed by atoms with Gasteiger partial charge in [-0.25, -0.2) is 17.8 Å². The molecule has 56 heavy (non-hydrogen) atoms. The van der Waals surface area contributed by atoms with Crippen molar-refractivity contribution < 1.29 is 41.5 Å². The van der Waals surface area contributed by atoms with Gasteiger partial charge in [-0.2, -0.15) is 0 Å². The standard InChI is InChI=1S/C43H54FN3O8S/c1-26(2)24-54-36(49)19-28-9-7-5-4-6-8-10-29-21-43(29,40(51)46-56(52,53)41(3)17-18-41)23-35(48)34-22-42(25-47(34)39(28)50)16-15-31-32-20-30(44)13-14-33(32)45-37(27-11-12-27)38(31)55-42/h8,10,13-14,20,26-29,34H,4-7,9,11-12,15-19,21-25H2,1-3H3,(H,46,51)/b10-8-/t28-,29-,34+,42-,43-/m1/s1. The highest BCUT2D eigenvalue weighted by atomic mass is 32.2. The fourth-order valence-corrected chi connectivity index (χ4v) is 10.5. The molecule has 13 heteroatoms. The zero-order valence-electron chi connectivity index (χ0n) is 32.7. The van der Waals surface area contributed by atoms with Gasteiger partial charge in [0, 0.05) is 35.6 Å². The molecule has 5 atom stereocenters. The van der Waals surface area contributed by atoms with Crippen LogP contribution in [0, 0.1) is 29.0 Å². The van der Waals surface area contributed by atoms with Crippen molar-refractivity contribution >= 4 is 44.5 Å². The fourth-order valence-electron chi connectivity index (χ4n) is 9.15. The highest BCUT2D eigenvalue weighted by molar-refractivity contribution is 7.91. The van der Waals surface area contributed by atoms with Crippen molar-refractivity contribution in [3.05, 3.63) is 47.4 Å². The Bertz CT molecular complexity index is 2090. The lowest BCUT2D eigenvalue weighted by Gasteiger charge is -2.37. The van der Waals surface area contributed by atoms with E-state index in [0.29, 0.717) is 61.6 Å². The molecule has 0 unspecified atom stereocenters. The van der Waals surface area contributed by atoms with E-state index in [1.165, 1.54) is 12.1 Å². The molecule has 1 N–H and O–H groups in total. The van der Waals surface area contributed by atoms with E-state index in [1.807, 2.05) is 26.0 Å². The Morgan fingerprint density at radius 1 is 1.09 bits per heavy atom. The number of hydrogen-bond donors (Lipinski definition) is 1. The number of sulfonamides is 1. The van der Waals surface area contributed by atoms with Crippen molar-refractivity contribution in [2.75, 3.05) is 13.2 Å². The largest absolute Gasteiger partial charge is 0.483 e. The molecule has 1 spiro atoms. The van der Waals surface area contributed by atoms with E-state index in [4.69, 9.17) is 14.5 Å². The third-order valence-corrected chi connectivity index (χ3v) is 15.4. The Morgan fingerprint density at radius 2 is 1.88 bits per heavy atom. The van der Waals surface area contributed by atoms with Gasteiger partial charge in [-0.1, -0.05) is 38.8 Å². The quantitative estimate of drug-likeness (QED) is 0.231. The number of carbonyl (C=O) groups is 4. The third-order valence-electron chi connectivity index (χ3n) is 13.2. The summed E-state index contributed by atoms with van der Waals surface area (Å²) in [5.41, 5.74) is 0.176. The van der Waals surface area contributed by atoms with Crippen LogP contribution in [0.15, 0.2) is 30.4 Å². The summed E-state index contributed by atoms with van der Waals surface area (Å²) in [6, 6.07) is 3.63. The summed E-state index contributed by atoms with van der Waals surface area (Å²) < 4.78 is 55.0. The summed E-state index contributed by atoms with van der Waals surface area (Å²) in [5, 5.41) is 0.690. The number of benzene rings is 1. The predicted octanol–water partition coefficient (Wildman–Crippen LogP) is 6.61. The molecule has 1 aromatic carbocycles. The fraction of sp³-hybridized carbons (Fsp3) is 0.651. The lowest BCUT2D eigenvalue weighted by Crippen LogP contribution is -2.48. The Hall–Kier alpha value is -3.87. The van der Waals surface area contributed by atoms with Crippen LogP contribution in [0.5, 0.6) is 5.75 Å². The number of pyridine rings is 1. The number of carbonyl (C=O) groups excluding carboxylic acids is 4. The molecule has 4 fully saturated rings. The second-order valence-corrected chi connectivity index (χ2v) is 20.4. The lowest BCUT2D eigenvalue weighted by atomic mass is 9.85. The van der Waals surface area contributed by atoms with E-state index < -0.39 is 49.6 Å². The molecular weight excluding hydrogens is 738 g/mol. The van der Waals surface area contributed by atoms with Crippen LogP contribution < -0.4 is 9.46 Å². The first-order valence-corrected chi connectivity index (χ1v) is 22.1. The number of fused-ring (bicyclic) bond motifs is 5. The minimum absolute atomic E-state index is 0.0970. The van der Waals surface area contributed by atoms with Gasteiger partial charge < -0.3 is 14.4 Å². The molecule has 4 heterocycles. The van der Waals surface area contributed by atoms with Gasteiger partial charge in [0.1, 0.15) is 17.2 Å². The van der Waals surface area contributed by atoms with Gasteiger partial charge >= 0.3 is 5.97 Å². The van der Waals surface area contributed by atoms with E-state index in [2.05, 4.69) is 4.72 Å². The monoisotopic (exact) mass is 791 g/mol. The zero-order chi connectivity index (χ0) is 39.6. The number of ketones is 1. The molecule has 1 saturated heterocycles. The number of nitrogens with zero attached hydrogens (tertiary/aromatic N) is 2. The van der Waals surface area contributed by atoms with Crippen molar-refractivity contribution in [1.29, 1.82) is 0 Å². The number of hydrogen-bond acceptors (Lipinski definition) is 9. The van der Waals surface area contributed by atoms with Crippen LogP contribution in [-0.4, -0.2) is 71.4 Å². The van der Waals surface area contributed by atoms with Crippen LogP contribution in [0.1, 0.15) is 128 Å². The number of aryl methyl sites for hydroxylation is 1. The summed E-state index contributed by atoms with van der Waals surface area (Å²) in [6.45, 7) is 5.85. The molecule has 11 nitrogen and oxygen atoms in total. The van der Waals surface area contributed by atoms with Gasteiger partial charge in [0.2, 0.25) is 21.8 Å². The maximum atomic E-state index is 14.8. The molecular formula is C43H54FN3O8S. The van der Waals surface area contributed by atoms with Crippen LogP contribution >= 0.6 is 0 Å². The summed E-state index contributed by atoms with van der Waals surface area (Å²) in [5.74, 6) is -2.25. The first kappa shape index (κ1) is 39.0. The first-order chi connectivity index (χ1) is 26.6. The minimum Gasteiger partial charge on any atom is -0.483 e. The number of Topliss-reactive ketones (excluding diaryl/α,β-unsaturated/α-hetero) is 1. The van der Waals surface area contributed by atoms with E-state index in [-0.39, 0.29) is 67.7 Å². The Balaban J connectivity index is 1.14. The van der Waals surface area contributed by atoms with Crippen LogP contribution in [-0.2, 0) is 40.4 Å². The third kappa shape index (κ3) is 7.49. The average molecular weight is 792 g/mol. The maximum absolute atomic E-state index is 14.8. The van der Waals surface area contributed by atoms with Crippen LogP contribution in [0.4, 0.5) is 4.39 Å². The topological polar surface area (TPSA) is 149 Å². The summed E-state index contributed by atoms with van der Waals surface area (Å²) >= 11 is 0. The molecule has 1 aromatic heterocycles.